The van der Waals surface area contributed by atoms with Gasteiger partial charge in [0.1, 0.15) is 12.0 Å². The van der Waals surface area contributed by atoms with Crippen LogP contribution in [0.3, 0.4) is 0 Å². The number of hydrogen-bond donors (Lipinski definition) is 1. The maximum absolute atomic E-state index is 5.11. The highest BCUT2D eigenvalue weighted by Gasteiger charge is 2.25. The number of aromatic nitrogens is 2. The number of aliphatic imine (C=N–C) groups is 1. The molecule has 3 heterocycles. The zero-order valence-corrected chi connectivity index (χ0v) is 16.5. The van der Waals surface area contributed by atoms with Gasteiger partial charge in [0, 0.05) is 43.5 Å². The quantitative estimate of drug-likeness (QED) is 0.856. The van der Waals surface area contributed by atoms with Crippen LogP contribution in [0.2, 0.25) is 0 Å². The number of thioether (sulfide) groups is 1. The van der Waals surface area contributed by atoms with E-state index in [-0.39, 0.29) is 6.17 Å². The Balaban J connectivity index is 1.41. The van der Waals surface area contributed by atoms with Gasteiger partial charge in [-0.1, -0.05) is 25.5 Å². The van der Waals surface area contributed by atoms with E-state index < -0.39 is 0 Å². The van der Waals surface area contributed by atoms with E-state index in [1.165, 1.54) is 10.6 Å². The summed E-state index contributed by atoms with van der Waals surface area (Å²) in [4.78, 5) is 19.9. The molecule has 7 heteroatoms. The first-order valence-corrected chi connectivity index (χ1v) is 10.6. The number of nitrogens with zero attached hydrogens (tertiary/aromatic N) is 5. The molecule has 0 amide bonds. The molecule has 2 aliphatic heterocycles. The normalized spacial score (nSPS) is 20.2. The Morgan fingerprint density at radius 2 is 1.89 bits per heavy atom. The van der Waals surface area contributed by atoms with Crippen LogP contribution >= 0.6 is 11.8 Å². The smallest absolute Gasteiger partial charge is 0.225 e. The largest absolute Gasteiger partial charge is 0.342 e. The van der Waals surface area contributed by atoms with Gasteiger partial charge in [-0.15, -0.1) is 11.8 Å². The molecule has 1 aromatic heterocycles. The summed E-state index contributed by atoms with van der Waals surface area (Å²) in [6.45, 7) is 6.10. The molecule has 6 nitrogen and oxygen atoms in total. The van der Waals surface area contributed by atoms with Crippen LogP contribution < -0.4 is 10.2 Å². The summed E-state index contributed by atoms with van der Waals surface area (Å²) < 4.78 is 0. The van der Waals surface area contributed by atoms with Crippen LogP contribution in [0.4, 0.5) is 11.6 Å². The summed E-state index contributed by atoms with van der Waals surface area (Å²) in [6, 6.07) is 10.3. The van der Waals surface area contributed by atoms with Crippen LogP contribution in [0.5, 0.6) is 0 Å². The number of nitrogens with one attached hydrogen (secondary N) is 1. The molecule has 4 rings (SSSR count). The fourth-order valence-corrected chi connectivity index (χ4v) is 4.43. The predicted molar refractivity (Wildman–Crippen MR) is 113 cm³/mol. The minimum absolute atomic E-state index is 0.238. The van der Waals surface area contributed by atoms with Crippen LogP contribution in [0.25, 0.3) is 0 Å². The van der Waals surface area contributed by atoms with Gasteiger partial charge in [0.05, 0.1) is 11.4 Å². The third-order valence-corrected chi connectivity index (χ3v) is 6.04. The highest BCUT2D eigenvalue weighted by Crippen LogP contribution is 2.31. The van der Waals surface area contributed by atoms with Gasteiger partial charge in [0.15, 0.2) is 0 Å². The molecule has 1 saturated heterocycles. The lowest BCUT2D eigenvalue weighted by Crippen LogP contribution is -2.50. The highest BCUT2D eigenvalue weighted by molar-refractivity contribution is 8.00. The van der Waals surface area contributed by atoms with E-state index in [9.17, 15) is 0 Å². The summed E-state index contributed by atoms with van der Waals surface area (Å²) in [5.74, 6) is 2.83. The van der Waals surface area contributed by atoms with E-state index >= 15 is 0 Å². The van der Waals surface area contributed by atoms with Crippen molar-refractivity contribution >= 4 is 29.2 Å². The second-order valence-electron chi connectivity index (χ2n) is 6.83. The van der Waals surface area contributed by atoms with Crippen molar-refractivity contribution in [1.82, 2.24) is 14.9 Å². The molecule has 2 aliphatic rings. The van der Waals surface area contributed by atoms with Gasteiger partial charge in [-0.3, -0.25) is 9.89 Å². The van der Waals surface area contributed by atoms with Gasteiger partial charge in [0.2, 0.25) is 5.95 Å². The fraction of sp³-hybridized carbons (Fsp3) is 0.450. The van der Waals surface area contributed by atoms with Crippen LogP contribution in [0.15, 0.2) is 52.6 Å². The van der Waals surface area contributed by atoms with Gasteiger partial charge in [-0.05, 0) is 24.6 Å². The number of amidine groups is 1. The van der Waals surface area contributed by atoms with E-state index in [0.717, 1.165) is 56.6 Å². The average Bonchev–Trinajstić information content (AvgIpc) is 2.74. The molecule has 142 valence electrons. The number of hydrogen-bond acceptors (Lipinski definition) is 6. The summed E-state index contributed by atoms with van der Waals surface area (Å²) in [5, 5.41) is 3.53. The van der Waals surface area contributed by atoms with Crippen LogP contribution in [0, 0.1) is 0 Å². The summed E-state index contributed by atoms with van der Waals surface area (Å²) in [7, 11) is 0. The predicted octanol–water partition coefficient (Wildman–Crippen LogP) is 3.34. The van der Waals surface area contributed by atoms with Crippen LogP contribution in [-0.4, -0.2) is 58.8 Å². The molecule has 1 fully saturated rings. The first kappa shape index (κ1) is 18.3. The number of anilines is 2. The molecule has 0 spiro atoms. The summed E-state index contributed by atoms with van der Waals surface area (Å²) in [5.41, 5.74) is 1.17. The monoisotopic (exact) mass is 382 g/mol. The van der Waals surface area contributed by atoms with Gasteiger partial charge >= 0.3 is 0 Å². The van der Waals surface area contributed by atoms with E-state index in [4.69, 9.17) is 4.99 Å². The van der Waals surface area contributed by atoms with Gasteiger partial charge < -0.3 is 10.2 Å². The Labute approximate surface area is 165 Å². The first-order valence-electron chi connectivity index (χ1n) is 9.65. The Hall–Kier alpha value is -2.12. The maximum Gasteiger partial charge on any atom is 0.225 e. The van der Waals surface area contributed by atoms with Crippen molar-refractivity contribution in [2.24, 2.45) is 4.99 Å². The molecule has 2 aromatic rings. The fourth-order valence-electron chi connectivity index (χ4n) is 3.54. The summed E-state index contributed by atoms with van der Waals surface area (Å²) in [6.07, 6.45) is 6.07. The number of rotatable bonds is 5. The lowest BCUT2D eigenvalue weighted by molar-refractivity contribution is 0.180. The molecule has 0 saturated carbocycles. The molecule has 1 N–H and O–H groups in total. The van der Waals surface area contributed by atoms with Crippen LogP contribution in [0.1, 0.15) is 19.8 Å². The second-order valence-corrected chi connectivity index (χ2v) is 7.84. The Morgan fingerprint density at radius 1 is 1.11 bits per heavy atom. The second kappa shape index (κ2) is 8.71. The van der Waals surface area contributed by atoms with Crippen molar-refractivity contribution in [3.8, 4) is 0 Å². The Morgan fingerprint density at radius 3 is 2.67 bits per heavy atom. The van der Waals surface area contributed by atoms with Crippen molar-refractivity contribution < 1.29 is 0 Å². The van der Waals surface area contributed by atoms with Crippen molar-refractivity contribution in [3.05, 3.63) is 42.7 Å². The van der Waals surface area contributed by atoms with Crippen molar-refractivity contribution in [3.63, 3.8) is 0 Å². The molecule has 1 atom stereocenters. The highest BCUT2D eigenvalue weighted by atomic mass is 32.2. The molecule has 0 radical (unpaired) electrons. The zero-order chi connectivity index (χ0) is 18.5. The number of piperazine rings is 1. The third kappa shape index (κ3) is 4.42. The minimum Gasteiger partial charge on any atom is -0.342 e. The number of fused-ring (bicyclic) bond motifs is 1. The number of benzene rings is 1. The van der Waals surface area contributed by atoms with Crippen molar-refractivity contribution in [1.29, 1.82) is 0 Å². The maximum atomic E-state index is 5.11. The van der Waals surface area contributed by atoms with Crippen molar-refractivity contribution in [2.45, 2.75) is 30.8 Å². The van der Waals surface area contributed by atoms with Crippen molar-refractivity contribution in [2.75, 3.05) is 42.1 Å². The number of para-hydroxylation sites is 1. The topological polar surface area (TPSA) is 56.7 Å². The lowest BCUT2D eigenvalue weighted by Gasteiger charge is -2.38. The van der Waals surface area contributed by atoms with Gasteiger partial charge in [0.25, 0.3) is 0 Å². The Bertz CT molecular complexity index is 773. The molecular weight excluding hydrogens is 356 g/mol. The molecule has 27 heavy (non-hydrogen) atoms. The third-order valence-electron chi connectivity index (χ3n) is 4.95. The zero-order valence-electron chi connectivity index (χ0n) is 15.7. The molecule has 0 bridgehead atoms. The van der Waals surface area contributed by atoms with Gasteiger partial charge in [-0.2, -0.15) is 0 Å². The van der Waals surface area contributed by atoms with E-state index in [0.29, 0.717) is 0 Å². The molecule has 1 aromatic carbocycles. The van der Waals surface area contributed by atoms with E-state index in [2.05, 4.69) is 56.3 Å². The molecular formula is C20H26N6S. The Kier molecular flexibility index (Phi) is 5.89. The minimum atomic E-state index is 0.238. The summed E-state index contributed by atoms with van der Waals surface area (Å²) >= 11 is 1.86. The average molecular weight is 383 g/mol. The lowest BCUT2D eigenvalue weighted by atomic mass is 10.2. The molecule has 0 aliphatic carbocycles. The van der Waals surface area contributed by atoms with Gasteiger partial charge in [-0.25, -0.2) is 9.97 Å². The standard InChI is InChI=1S/C20H26N6S/c1-2-6-19(24-18-15-27-17-8-4-3-7-16(17)23-18)25-11-13-26(14-12-25)20-21-9-5-10-22-20/h3-5,7-10,19H,2,6,11-15H2,1H3,(H,23,24). The van der Waals surface area contributed by atoms with E-state index in [1.54, 1.807) is 0 Å². The van der Waals surface area contributed by atoms with E-state index in [1.807, 2.05) is 30.2 Å². The molecule has 1 unspecified atom stereocenters. The first-order chi connectivity index (χ1) is 13.3. The SMILES string of the molecule is CCCC(N=C1CSc2ccccc2N1)N1CCN(c2ncccn2)CC1. The van der Waals surface area contributed by atoms with Crippen LogP contribution in [-0.2, 0) is 0 Å².